The van der Waals surface area contributed by atoms with Crippen molar-refractivity contribution in [1.82, 2.24) is 0 Å². The molecule has 0 saturated carbocycles. The monoisotopic (exact) mass is 286 g/mol. The molecule has 1 aliphatic rings. The van der Waals surface area contributed by atoms with Gasteiger partial charge in [-0.25, -0.2) is 8.42 Å². The van der Waals surface area contributed by atoms with Crippen molar-refractivity contribution >= 4 is 9.84 Å². The lowest BCUT2D eigenvalue weighted by atomic mass is 10.0. The molecule has 0 radical (unpaired) electrons. The van der Waals surface area contributed by atoms with Crippen LogP contribution in [0.15, 0.2) is 29.2 Å². The predicted octanol–water partition coefficient (Wildman–Crippen LogP) is 1.57. The topological polar surface area (TPSA) is 72.8 Å². The Morgan fingerprint density at radius 1 is 1.21 bits per heavy atom. The van der Waals surface area contributed by atoms with Crippen LogP contribution >= 0.6 is 0 Å². The summed E-state index contributed by atoms with van der Waals surface area (Å²) in [5.41, 5.74) is 0. The molecule has 1 heterocycles. The number of phenols is 1. The highest BCUT2D eigenvalue weighted by molar-refractivity contribution is 7.91. The summed E-state index contributed by atoms with van der Waals surface area (Å²) >= 11 is 0. The summed E-state index contributed by atoms with van der Waals surface area (Å²) in [5.74, 6) is 0.0978. The van der Waals surface area contributed by atoms with Gasteiger partial charge >= 0.3 is 0 Å². The number of phenolic OH excluding ortho intramolecular Hbond substituents is 1. The maximum Gasteiger partial charge on any atom is 0.202 e. The van der Waals surface area contributed by atoms with E-state index in [0.29, 0.717) is 12.5 Å². The number of benzene rings is 1. The first kappa shape index (κ1) is 14.3. The van der Waals surface area contributed by atoms with Gasteiger partial charge in [-0.15, -0.1) is 0 Å². The van der Waals surface area contributed by atoms with Crippen molar-refractivity contribution < 1.29 is 23.0 Å². The van der Waals surface area contributed by atoms with E-state index in [1.807, 2.05) is 0 Å². The number of hydrogen-bond donors (Lipinski definition) is 1. The van der Waals surface area contributed by atoms with Crippen LogP contribution in [0, 0.1) is 5.92 Å². The lowest BCUT2D eigenvalue weighted by molar-refractivity contribution is 0.0305. The van der Waals surface area contributed by atoms with E-state index < -0.39 is 9.84 Å². The SMILES string of the molecule is O=S(=O)(COCC1CCOCC1)c1ccc(O)cc1. The maximum atomic E-state index is 12.0. The fourth-order valence-electron chi connectivity index (χ4n) is 1.96. The minimum absolute atomic E-state index is 0.0436. The Kier molecular flexibility index (Phi) is 4.79. The van der Waals surface area contributed by atoms with Crippen LogP contribution in [0.25, 0.3) is 0 Å². The second-order valence-electron chi connectivity index (χ2n) is 4.65. The van der Waals surface area contributed by atoms with Gasteiger partial charge in [-0.2, -0.15) is 0 Å². The van der Waals surface area contributed by atoms with Gasteiger partial charge in [0.1, 0.15) is 5.75 Å². The van der Waals surface area contributed by atoms with E-state index in [1.165, 1.54) is 24.3 Å². The summed E-state index contributed by atoms with van der Waals surface area (Å²) in [7, 11) is -3.44. The molecule has 106 valence electrons. The third-order valence-electron chi connectivity index (χ3n) is 3.13. The minimum atomic E-state index is -3.44. The fourth-order valence-corrected chi connectivity index (χ4v) is 2.96. The molecular weight excluding hydrogens is 268 g/mol. The molecule has 0 aliphatic carbocycles. The quantitative estimate of drug-likeness (QED) is 0.889. The maximum absolute atomic E-state index is 12.0. The van der Waals surface area contributed by atoms with Crippen LogP contribution in [-0.4, -0.2) is 39.3 Å². The number of sulfone groups is 1. The molecular formula is C13H18O5S. The molecule has 0 atom stereocenters. The van der Waals surface area contributed by atoms with Crippen molar-refractivity contribution in [2.75, 3.05) is 25.8 Å². The zero-order valence-corrected chi connectivity index (χ0v) is 11.4. The van der Waals surface area contributed by atoms with Gasteiger partial charge in [0.2, 0.25) is 9.84 Å². The first-order valence-electron chi connectivity index (χ1n) is 6.25. The first-order valence-corrected chi connectivity index (χ1v) is 7.90. The van der Waals surface area contributed by atoms with Crippen molar-refractivity contribution in [3.05, 3.63) is 24.3 Å². The van der Waals surface area contributed by atoms with Crippen LogP contribution in [-0.2, 0) is 19.3 Å². The van der Waals surface area contributed by atoms with E-state index in [9.17, 15) is 8.42 Å². The van der Waals surface area contributed by atoms with Crippen LogP contribution in [0.3, 0.4) is 0 Å². The molecule has 1 N–H and O–H groups in total. The number of aromatic hydroxyl groups is 1. The van der Waals surface area contributed by atoms with Gasteiger partial charge in [-0.1, -0.05) is 0 Å². The van der Waals surface area contributed by atoms with E-state index in [-0.39, 0.29) is 16.6 Å². The molecule has 0 spiro atoms. The van der Waals surface area contributed by atoms with Crippen LogP contribution in [0.2, 0.25) is 0 Å². The molecule has 1 fully saturated rings. The van der Waals surface area contributed by atoms with Crippen molar-refractivity contribution in [1.29, 1.82) is 0 Å². The molecule has 1 aliphatic heterocycles. The Hall–Kier alpha value is -1.11. The Balaban J connectivity index is 1.85. The molecule has 5 nitrogen and oxygen atoms in total. The molecule has 0 bridgehead atoms. The average Bonchev–Trinajstić information content (AvgIpc) is 2.40. The smallest absolute Gasteiger partial charge is 0.202 e. The molecule has 1 aromatic carbocycles. The molecule has 19 heavy (non-hydrogen) atoms. The second-order valence-corrected chi connectivity index (χ2v) is 6.59. The zero-order chi connectivity index (χ0) is 13.7. The molecule has 1 aromatic rings. The average molecular weight is 286 g/mol. The lowest BCUT2D eigenvalue weighted by Gasteiger charge is -2.21. The van der Waals surface area contributed by atoms with Gasteiger partial charge < -0.3 is 14.6 Å². The third kappa shape index (κ3) is 4.19. The number of rotatable bonds is 5. The summed E-state index contributed by atoms with van der Waals surface area (Å²) in [6, 6.07) is 5.46. The molecule has 2 rings (SSSR count). The van der Waals surface area contributed by atoms with Crippen molar-refractivity contribution in [2.45, 2.75) is 17.7 Å². The van der Waals surface area contributed by atoms with Crippen LogP contribution in [0.1, 0.15) is 12.8 Å². The van der Waals surface area contributed by atoms with Crippen LogP contribution in [0.4, 0.5) is 0 Å². The van der Waals surface area contributed by atoms with Gasteiger partial charge in [-0.3, -0.25) is 0 Å². The fraction of sp³-hybridized carbons (Fsp3) is 0.538. The van der Waals surface area contributed by atoms with Crippen molar-refractivity contribution in [3.63, 3.8) is 0 Å². The summed E-state index contributed by atoms with van der Waals surface area (Å²) in [4.78, 5) is 0.164. The van der Waals surface area contributed by atoms with E-state index in [1.54, 1.807) is 0 Å². The molecule has 0 aromatic heterocycles. The van der Waals surface area contributed by atoms with Crippen LogP contribution in [0.5, 0.6) is 5.75 Å². The number of ether oxygens (including phenoxy) is 2. The first-order chi connectivity index (χ1) is 9.08. The van der Waals surface area contributed by atoms with Gasteiger partial charge in [0.05, 0.1) is 11.5 Å². The van der Waals surface area contributed by atoms with E-state index in [0.717, 1.165) is 26.1 Å². The summed E-state index contributed by atoms with van der Waals surface area (Å²) in [6.45, 7) is 1.89. The Morgan fingerprint density at radius 3 is 2.47 bits per heavy atom. The highest BCUT2D eigenvalue weighted by atomic mass is 32.2. The molecule has 0 unspecified atom stereocenters. The van der Waals surface area contributed by atoms with Crippen molar-refractivity contribution in [3.8, 4) is 5.75 Å². The minimum Gasteiger partial charge on any atom is -0.508 e. The zero-order valence-electron chi connectivity index (χ0n) is 10.6. The van der Waals surface area contributed by atoms with E-state index in [4.69, 9.17) is 14.6 Å². The van der Waals surface area contributed by atoms with Gasteiger partial charge in [0.25, 0.3) is 0 Å². The Morgan fingerprint density at radius 2 is 1.84 bits per heavy atom. The predicted molar refractivity (Wildman–Crippen MR) is 69.7 cm³/mol. The van der Waals surface area contributed by atoms with E-state index >= 15 is 0 Å². The van der Waals surface area contributed by atoms with E-state index in [2.05, 4.69) is 0 Å². The Labute approximate surface area is 113 Å². The largest absolute Gasteiger partial charge is 0.508 e. The third-order valence-corrected chi connectivity index (χ3v) is 4.60. The van der Waals surface area contributed by atoms with Crippen molar-refractivity contribution in [2.24, 2.45) is 5.92 Å². The Bertz CT molecular complexity index is 488. The van der Waals surface area contributed by atoms with Gasteiger partial charge in [0.15, 0.2) is 5.94 Å². The highest BCUT2D eigenvalue weighted by Crippen LogP contribution is 2.18. The lowest BCUT2D eigenvalue weighted by Crippen LogP contribution is -2.22. The van der Waals surface area contributed by atoms with Gasteiger partial charge in [-0.05, 0) is 43.0 Å². The molecule has 6 heteroatoms. The highest BCUT2D eigenvalue weighted by Gasteiger charge is 2.18. The van der Waals surface area contributed by atoms with Gasteiger partial charge in [0, 0.05) is 13.2 Å². The normalized spacial score (nSPS) is 17.5. The molecule has 1 saturated heterocycles. The summed E-state index contributed by atoms with van der Waals surface area (Å²) in [5, 5.41) is 9.13. The molecule has 0 amide bonds. The second kappa shape index (κ2) is 6.36. The standard InChI is InChI=1S/C13H18O5S/c14-12-1-3-13(4-2-12)19(15,16)10-18-9-11-5-7-17-8-6-11/h1-4,11,14H,5-10H2. The van der Waals surface area contributed by atoms with Crippen LogP contribution < -0.4 is 0 Å². The summed E-state index contributed by atoms with van der Waals surface area (Å²) < 4.78 is 34.5. The summed E-state index contributed by atoms with van der Waals surface area (Å²) in [6.07, 6.45) is 1.83. The number of hydrogen-bond acceptors (Lipinski definition) is 5.